The minimum absolute atomic E-state index is 0.411. The van der Waals surface area contributed by atoms with Crippen molar-refractivity contribution >= 4 is 0 Å². The van der Waals surface area contributed by atoms with E-state index in [1.54, 1.807) is 0 Å². The van der Waals surface area contributed by atoms with Crippen molar-refractivity contribution in [1.82, 2.24) is 4.90 Å². The molecule has 3 unspecified atom stereocenters. The lowest BCUT2D eigenvalue weighted by atomic mass is 9.88. The molecule has 18 heavy (non-hydrogen) atoms. The molecular formula is C15H32N2O. The fourth-order valence-electron chi connectivity index (χ4n) is 3.10. The molecule has 0 aromatic carbocycles. The van der Waals surface area contributed by atoms with E-state index in [0.29, 0.717) is 12.5 Å². The van der Waals surface area contributed by atoms with Crippen molar-refractivity contribution in [2.45, 2.75) is 58.5 Å². The molecule has 0 radical (unpaired) electrons. The highest BCUT2D eigenvalue weighted by Crippen LogP contribution is 2.37. The summed E-state index contributed by atoms with van der Waals surface area (Å²) in [4.78, 5) is 2.52. The highest BCUT2D eigenvalue weighted by Gasteiger charge is 2.39. The van der Waals surface area contributed by atoms with Crippen LogP contribution in [0, 0.1) is 11.8 Å². The van der Waals surface area contributed by atoms with Crippen LogP contribution in [0.4, 0.5) is 0 Å². The van der Waals surface area contributed by atoms with Gasteiger partial charge in [-0.2, -0.15) is 0 Å². The molecule has 3 heteroatoms. The van der Waals surface area contributed by atoms with Crippen LogP contribution in [-0.4, -0.2) is 41.8 Å². The van der Waals surface area contributed by atoms with Crippen LogP contribution in [0.2, 0.25) is 0 Å². The molecular weight excluding hydrogens is 224 g/mol. The monoisotopic (exact) mass is 256 g/mol. The molecule has 0 heterocycles. The molecule has 0 bridgehead atoms. The normalized spacial score (nSPS) is 30.0. The maximum atomic E-state index is 10.4. The first-order chi connectivity index (χ1) is 8.55. The van der Waals surface area contributed by atoms with Crippen LogP contribution in [0.1, 0.15) is 52.9 Å². The lowest BCUT2D eigenvalue weighted by Gasteiger charge is -2.31. The first-order valence-corrected chi connectivity index (χ1v) is 7.70. The predicted molar refractivity (Wildman–Crippen MR) is 77.5 cm³/mol. The van der Waals surface area contributed by atoms with Crippen LogP contribution in [0.15, 0.2) is 0 Å². The van der Waals surface area contributed by atoms with Crippen molar-refractivity contribution in [3.05, 3.63) is 0 Å². The summed E-state index contributed by atoms with van der Waals surface area (Å²) < 4.78 is 0. The van der Waals surface area contributed by atoms with E-state index in [4.69, 9.17) is 5.73 Å². The molecule has 0 spiro atoms. The zero-order valence-electron chi connectivity index (χ0n) is 12.5. The zero-order chi connectivity index (χ0) is 13.6. The second-order valence-corrected chi connectivity index (χ2v) is 6.09. The van der Waals surface area contributed by atoms with E-state index in [1.807, 2.05) is 0 Å². The molecule has 1 fully saturated rings. The molecule has 1 aliphatic rings. The van der Waals surface area contributed by atoms with Gasteiger partial charge in [0.25, 0.3) is 0 Å². The Morgan fingerprint density at radius 1 is 1.44 bits per heavy atom. The predicted octanol–water partition coefficient (Wildman–Crippen LogP) is 2.23. The van der Waals surface area contributed by atoms with Gasteiger partial charge in [0.05, 0.1) is 5.60 Å². The van der Waals surface area contributed by atoms with E-state index in [0.717, 1.165) is 44.7 Å². The molecule has 1 aliphatic carbocycles. The Hall–Kier alpha value is -0.120. The highest BCUT2D eigenvalue weighted by molar-refractivity contribution is 4.93. The summed E-state index contributed by atoms with van der Waals surface area (Å²) in [6, 6.07) is 0. The molecule has 0 saturated heterocycles. The maximum absolute atomic E-state index is 10.4. The van der Waals surface area contributed by atoms with Gasteiger partial charge in [-0.1, -0.05) is 33.6 Å². The second-order valence-electron chi connectivity index (χ2n) is 6.09. The van der Waals surface area contributed by atoms with Crippen molar-refractivity contribution in [3.8, 4) is 0 Å². The SMILES string of the molecule is CCC(C)CN(CC)CCC1CCCC1(O)CN. The minimum atomic E-state index is -0.574. The largest absolute Gasteiger partial charge is 0.388 e. The van der Waals surface area contributed by atoms with E-state index in [1.165, 1.54) is 13.0 Å². The average Bonchev–Trinajstić information content (AvgIpc) is 2.76. The fraction of sp³-hybridized carbons (Fsp3) is 1.00. The van der Waals surface area contributed by atoms with Crippen LogP contribution < -0.4 is 5.73 Å². The van der Waals surface area contributed by atoms with Gasteiger partial charge in [-0.3, -0.25) is 0 Å². The molecule has 0 aliphatic heterocycles. The molecule has 3 N–H and O–H groups in total. The molecule has 1 saturated carbocycles. The quantitative estimate of drug-likeness (QED) is 0.700. The number of hydrogen-bond donors (Lipinski definition) is 2. The number of nitrogens with two attached hydrogens (primary N) is 1. The number of nitrogens with zero attached hydrogens (tertiary/aromatic N) is 1. The van der Waals surface area contributed by atoms with Gasteiger partial charge in [0.1, 0.15) is 0 Å². The van der Waals surface area contributed by atoms with Gasteiger partial charge >= 0.3 is 0 Å². The lowest BCUT2D eigenvalue weighted by molar-refractivity contribution is 0.00431. The molecule has 3 nitrogen and oxygen atoms in total. The van der Waals surface area contributed by atoms with E-state index >= 15 is 0 Å². The first kappa shape index (κ1) is 15.9. The Balaban J connectivity index is 2.38. The highest BCUT2D eigenvalue weighted by atomic mass is 16.3. The van der Waals surface area contributed by atoms with Gasteiger partial charge in [0.2, 0.25) is 0 Å². The third kappa shape index (κ3) is 4.22. The molecule has 1 rings (SSSR count). The zero-order valence-corrected chi connectivity index (χ0v) is 12.5. The number of rotatable bonds is 8. The van der Waals surface area contributed by atoms with Gasteiger partial charge < -0.3 is 15.7 Å². The maximum Gasteiger partial charge on any atom is 0.0797 e. The summed E-state index contributed by atoms with van der Waals surface area (Å²) in [5.41, 5.74) is 5.16. The summed E-state index contributed by atoms with van der Waals surface area (Å²) in [6.45, 7) is 10.6. The number of aliphatic hydroxyl groups is 1. The summed E-state index contributed by atoms with van der Waals surface area (Å²) in [7, 11) is 0. The van der Waals surface area contributed by atoms with Crippen molar-refractivity contribution < 1.29 is 5.11 Å². The summed E-state index contributed by atoms with van der Waals surface area (Å²) >= 11 is 0. The smallest absolute Gasteiger partial charge is 0.0797 e. The Morgan fingerprint density at radius 3 is 2.72 bits per heavy atom. The van der Waals surface area contributed by atoms with Crippen LogP contribution in [0.5, 0.6) is 0 Å². The molecule has 108 valence electrons. The third-order valence-electron chi connectivity index (χ3n) is 4.78. The Bertz CT molecular complexity index is 235. The molecule has 0 amide bonds. The van der Waals surface area contributed by atoms with E-state index in [-0.39, 0.29) is 0 Å². The van der Waals surface area contributed by atoms with Crippen molar-refractivity contribution in [1.29, 1.82) is 0 Å². The van der Waals surface area contributed by atoms with Gasteiger partial charge in [0.15, 0.2) is 0 Å². The topological polar surface area (TPSA) is 49.5 Å². The van der Waals surface area contributed by atoms with Gasteiger partial charge in [-0.25, -0.2) is 0 Å². The standard InChI is InChI=1S/C15H32N2O/c1-4-13(3)11-17(5-2)10-8-14-7-6-9-15(14,18)12-16/h13-14,18H,4-12,16H2,1-3H3. The average molecular weight is 256 g/mol. The second kappa shape index (κ2) is 7.46. The Labute approximate surface area is 113 Å². The molecule has 0 aromatic rings. The Morgan fingerprint density at radius 2 is 2.17 bits per heavy atom. The van der Waals surface area contributed by atoms with Crippen LogP contribution in [0.25, 0.3) is 0 Å². The summed E-state index contributed by atoms with van der Waals surface area (Å²) in [5, 5.41) is 10.4. The minimum Gasteiger partial charge on any atom is -0.388 e. The fourth-order valence-corrected chi connectivity index (χ4v) is 3.10. The third-order valence-corrected chi connectivity index (χ3v) is 4.78. The van der Waals surface area contributed by atoms with E-state index in [2.05, 4.69) is 25.7 Å². The molecule has 0 aromatic heterocycles. The van der Waals surface area contributed by atoms with E-state index < -0.39 is 5.60 Å². The summed E-state index contributed by atoms with van der Waals surface area (Å²) in [5.74, 6) is 1.18. The van der Waals surface area contributed by atoms with Gasteiger partial charge in [0, 0.05) is 13.1 Å². The van der Waals surface area contributed by atoms with Crippen molar-refractivity contribution in [2.75, 3.05) is 26.2 Å². The number of hydrogen-bond acceptors (Lipinski definition) is 3. The van der Waals surface area contributed by atoms with Gasteiger partial charge in [-0.05, 0) is 44.2 Å². The van der Waals surface area contributed by atoms with E-state index in [9.17, 15) is 5.11 Å². The van der Waals surface area contributed by atoms with Crippen LogP contribution in [0.3, 0.4) is 0 Å². The lowest BCUT2D eigenvalue weighted by Crippen LogP contribution is -2.42. The molecule has 3 atom stereocenters. The first-order valence-electron chi connectivity index (χ1n) is 7.70. The van der Waals surface area contributed by atoms with Crippen LogP contribution >= 0.6 is 0 Å². The Kier molecular flexibility index (Phi) is 6.61. The van der Waals surface area contributed by atoms with Crippen LogP contribution in [-0.2, 0) is 0 Å². The van der Waals surface area contributed by atoms with Crippen molar-refractivity contribution in [2.24, 2.45) is 17.6 Å². The summed E-state index contributed by atoms with van der Waals surface area (Å²) in [6.07, 6.45) is 5.51. The van der Waals surface area contributed by atoms with Gasteiger partial charge in [-0.15, -0.1) is 0 Å². The van der Waals surface area contributed by atoms with Crippen molar-refractivity contribution in [3.63, 3.8) is 0 Å².